The summed E-state index contributed by atoms with van der Waals surface area (Å²) in [5.41, 5.74) is 0. The van der Waals surface area contributed by atoms with Gasteiger partial charge in [0.05, 0.1) is 31.8 Å². The van der Waals surface area contributed by atoms with Crippen LogP contribution in [0, 0.1) is 0 Å². The summed E-state index contributed by atoms with van der Waals surface area (Å²) >= 11 is 3.40. The van der Waals surface area contributed by atoms with E-state index < -0.39 is 0 Å². The van der Waals surface area contributed by atoms with E-state index in [9.17, 15) is 4.79 Å². The molecule has 0 spiro atoms. The monoisotopic (exact) mass is 341 g/mol. The summed E-state index contributed by atoms with van der Waals surface area (Å²) in [5.74, 6) is 0.927. The number of halogens is 1. The Balaban J connectivity index is 1.79. The maximum atomic E-state index is 12.2. The van der Waals surface area contributed by atoms with Crippen LogP contribution in [0.25, 0.3) is 0 Å². The van der Waals surface area contributed by atoms with Crippen molar-refractivity contribution in [2.45, 2.75) is 25.5 Å². The van der Waals surface area contributed by atoms with E-state index in [0.717, 1.165) is 11.1 Å². The molecule has 1 aromatic rings. The first-order valence-corrected chi connectivity index (χ1v) is 7.97. The minimum atomic E-state index is 0.0881. The molecule has 5 heteroatoms. The Labute approximate surface area is 128 Å². The van der Waals surface area contributed by atoms with Crippen LogP contribution in [0.15, 0.2) is 30.3 Å². The number of ether oxygens (including phenoxy) is 2. The Morgan fingerprint density at radius 3 is 2.90 bits per heavy atom. The molecule has 1 aliphatic rings. The zero-order chi connectivity index (χ0) is 14.4. The fourth-order valence-electron chi connectivity index (χ4n) is 2.17. The molecule has 1 aliphatic heterocycles. The molecule has 1 aromatic carbocycles. The maximum Gasteiger partial charge on any atom is 0.226 e. The number of rotatable bonds is 5. The Kier molecular flexibility index (Phi) is 5.86. The van der Waals surface area contributed by atoms with Crippen molar-refractivity contribution in [3.8, 4) is 5.75 Å². The Morgan fingerprint density at radius 1 is 1.45 bits per heavy atom. The number of nitrogens with zero attached hydrogens (tertiary/aromatic N) is 1. The molecule has 0 aromatic heterocycles. The van der Waals surface area contributed by atoms with Gasteiger partial charge in [-0.2, -0.15) is 0 Å². The summed E-state index contributed by atoms with van der Waals surface area (Å²) in [6.45, 7) is 3.67. The van der Waals surface area contributed by atoms with Crippen molar-refractivity contribution in [3.05, 3.63) is 30.3 Å². The predicted molar refractivity (Wildman–Crippen MR) is 81.3 cm³/mol. The number of carbonyl (C=O) groups is 1. The second-order valence-corrected chi connectivity index (χ2v) is 5.56. The van der Waals surface area contributed by atoms with Crippen LogP contribution in [0.4, 0.5) is 0 Å². The van der Waals surface area contributed by atoms with Gasteiger partial charge >= 0.3 is 0 Å². The summed E-state index contributed by atoms with van der Waals surface area (Å²) in [5, 5.41) is 0.754. The zero-order valence-corrected chi connectivity index (χ0v) is 13.2. The molecular weight excluding hydrogens is 322 g/mol. The Morgan fingerprint density at radius 2 is 2.20 bits per heavy atom. The highest BCUT2D eigenvalue weighted by Crippen LogP contribution is 2.15. The third-order valence-electron chi connectivity index (χ3n) is 3.33. The molecule has 110 valence electrons. The molecule has 2 rings (SSSR count). The highest BCUT2D eigenvalue weighted by molar-refractivity contribution is 9.09. The second-order valence-electron chi connectivity index (χ2n) is 4.92. The quantitative estimate of drug-likeness (QED) is 0.772. The van der Waals surface area contributed by atoms with Crippen molar-refractivity contribution >= 4 is 21.8 Å². The van der Waals surface area contributed by atoms with Gasteiger partial charge in [-0.3, -0.25) is 4.79 Å². The lowest BCUT2D eigenvalue weighted by molar-refractivity contribution is -0.143. The first kappa shape index (κ1) is 15.3. The van der Waals surface area contributed by atoms with E-state index in [0.29, 0.717) is 26.2 Å². The summed E-state index contributed by atoms with van der Waals surface area (Å²) in [6.07, 6.45) is 0.485. The van der Waals surface area contributed by atoms with E-state index >= 15 is 0 Å². The number of hydrogen-bond donors (Lipinski definition) is 0. The van der Waals surface area contributed by atoms with E-state index in [1.807, 2.05) is 42.2 Å². The molecule has 0 N–H and O–H groups in total. The number of morpholine rings is 1. The number of carbonyl (C=O) groups excluding carboxylic acids is 1. The summed E-state index contributed by atoms with van der Waals surface area (Å²) in [7, 11) is 0. The van der Waals surface area contributed by atoms with E-state index in [2.05, 4.69) is 15.9 Å². The first-order chi connectivity index (χ1) is 9.70. The largest absolute Gasteiger partial charge is 0.493 e. The molecule has 0 aliphatic carbocycles. The van der Waals surface area contributed by atoms with Crippen molar-refractivity contribution in [1.82, 2.24) is 4.90 Å². The van der Waals surface area contributed by atoms with Crippen molar-refractivity contribution in [3.63, 3.8) is 0 Å². The lowest BCUT2D eigenvalue weighted by Crippen LogP contribution is -2.51. The molecule has 1 heterocycles. The van der Waals surface area contributed by atoms with Gasteiger partial charge in [-0.25, -0.2) is 0 Å². The fraction of sp³-hybridized carbons (Fsp3) is 0.533. The van der Waals surface area contributed by atoms with E-state index in [1.54, 1.807) is 0 Å². The fourth-order valence-corrected chi connectivity index (χ4v) is 2.57. The van der Waals surface area contributed by atoms with E-state index in [1.165, 1.54) is 0 Å². The third-order valence-corrected chi connectivity index (χ3v) is 4.05. The molecule has 0 radical (unpaired) electrons. The number of alkyl halides is 1. The van der Waals surface area contributed by atoms with E-state index in [4.69, 9.17) is 9.47 Å². The van der Waals surface area contributed by atoms with Crippen LogP contribution in [0.5, 0.6) is 5.75 Å². The number of amides is 1. The minimum absolute atomic E-state index is 0.0881. The molecule has 0 saturated carbocycles. The molecule has 1 saturated heterocycles. The minimum Gasteiger partial charge on any atom is -0.493 e. The van der Waals surface area contributed by atoms with Crippen molar-refractivity contribution < 1.29 is 14.3 Å². The number of benzene rings is 1. The van der Waals surface area contributed by atoms with Crippen LogP contribution in [-0.2, 0) is 9.53 Å². The summed E-state index contributed by atoms with van der Waals surface area (Å²) in [4.78, 5) is 14.1. The van der Waals surface area contributed by atoms with Gasteiger partial charge in [0.25, 0.3) is 0 Å². The van der Waals surface area contributed by atoms with Gasteiger partial charge in [0.2, 0.25) is 5.91 Å². The van der Waals surface area contributed by atoms with Crippen LogP contribution < -0.4 is 4.74 Å². The normalized spacial score (nSPS) is 22.6. The van der Waals surface area contributed by atoms with Crippen LogP contribution >= 0.6 is 15.9 Å². The predicted octanol–water partition coefficient (Wildman–Crippen LogP) is 2.47. The molecule has 4 nitrogen and oxygen atoms in total. The average molecular weight is 342 g/mol. The molecule has 0 bridgehead atoms. The van der Waals surface area contributed by atoms with Crippen molar-refractivity contribution in [2.24, 2.45) is 0 Å². The number of hydrogen-bond acceptors (Lipinski definition) is 3. The van der Waals surface area contributed by atoms with Gasteiger partial charge in [-0.05, 0) is 19.1 Å². The van der Waals surface area contributed by atoms with Gasteiger partial charge in [-0.15, -0.1) is 0 Å². The standard InChI is InChI=1S/C15H20BrNO3/c1-12-11-20-14(9-16)10-17(12)15(18)7-8-19-13-5-3-2-4-6-13/h2-6,12,14H,7-11H2,1H3. The highest BCUT2D eigenvalue weighted by atomic mass is 79.9. The van der Waals surface area contributed by atoms with Crippen LogP contribution in [-0.4, -0.2) is 48.0 Å². The third kappa shape index (κ3) is 4.21. The maximum absolute atomic E-state index is 12.2. The SMILES string of the molecule is CC1COC(CBr)CN1C(=O)CCOc1ccccc1. The van der Waals surface area contributed by atoms with Gasteiger partial charge in [0, 0.05) is 11.9 Å². The lowest BCUT2D eigenvalue weighted by atomic mass is 10.2. The molecule has 20 heavy (non-hydrogen) atoms. The van der Waals surface area contributed by atoms with Crippen LogP contribution in [0.2, 0.25) is 0 Å². The highest BCUT2D eigenvalue weighted by Gasteiger charge is 2.28. The summed E-state index contributed by atoms with van der Waals surface area (Å²) in [6, 6.07) is 9.69. The zero-order valence-electron chi connectivity index (χ0n) is 11.6. The topological polar surface area (TPSA) is 38.8 Å². The van der Waals surface area contributed by atoms with Crippen LogP contribution in [0.3, 0.4) is 0 Å². The average Bonchev–Trinajstić information content (AvgIpc) is 2.48. The Bertz CT molecular complexity index is 426. The first-order valence-electron chi connectivity index (χ1n) is 6.85. The second kappa shape index (κ2) is 7.64. The molecule has 2 unspecified atom stereocenters. The smallest absolute Gasteiger partial charge is 0.226 e. The summed E-state index contributed by atoms with van der Waals surface area (Å²) < 4.78 is 11.2. The molecular formula is C15H20BrNO3. The number of para-hydroxylation sites is 1. The van der Waals surface area contributed by atoms with Gasteiger partial charge in [0.1, 0.15) is 5.75 Å². The van der Waals surface area contributed by atoms with Crippen molar-refractivity contribution in [2.75, 3.05) is 25.1 Å². The van der Waals surface area contributed by atoms with Gasteiger partial charge in [-0.1, -0.05) is 34.1 Å². The van der Waals surface area contributed by atoms with Gasteiger partial charge < -0.3 is 14.4 Å². The lowest BCUT2D eigenvalue weighted by Gasteiger charge is -2.37. The van der Waals surface area contributed by atoms with Crippen LogP contribution in [0.1, 0.15) is 13.3 Å². The van der Waals surface area contributed by atoms with Gasteiger partial charge in [0.15, 0.2) is 0 Å². The van der Waals surface area contributed by atoms with Crippen molar-refractivity contribution in [1.29, 1.82) is 0 Å². The Hall–Kier alpha value is -1.07. The van der Waals surface area contributed by atoms with E-state index in [-0.39, 0.29) is 18.1 Å². The molecule has 2 atom stereocenters. The molecule has 1 fully saturated rings. The molecule has 1 amide bonds.